The van der Waals surface area contributed by atoms with E-state index in [9.17, 15) is 19.2 Å². The number of amides is 2. The van der Waals surface area contributed by atoms with Gasteiger partial charge in [0.05, 0.1) is 17.3 Å². The molecule has 3 aromatic rings. The van der Waals surface area contributed by atoms with Gasteiger partial charge in [-0.1, -0.05) is 17.7 Å². The highest BCUT2D eigenvalue weighted by molar-refractivity contribution is 6.31. The van der Waals surface area contributed by atoms with Crippen molar-refractivity contribution < 1.29 is 14.0 Å². The van der Waals surface area contributed by atoms with Gasteiger partial charge < -0.3 is 16.0 Å². The number of halogens is 2. The van der Waals surface area contributed by atoms with Gasteiger partial charge in [0.2, 0.25) is 11.8 Å². The quantitative estimate of drug-likeness (QED) is 0.503. The van der Waals surface area contributed by atoms with Gasteiger partial charge in [-0.05, 0) is 55.3 Å². The lowest BCUT2D eigenvalue weighted by Crippen LogP contribution is -2.33. The third-order valence-corrected chi connectivity index (χ3v) is 5.92. The predicted molar refractivity (Wildman–Crippen MR) is 126 cm³/mol. The summed E-state index contributed by atoms with van der Waals surface area (Å²) < 4.78 is 14.6. The number of nitrogen functional groups attached to an aromatic ring is 1. The highest BCUT2D eigenvalue weighted by atomic mass is 35.5. The fraction of sp³-hybridized carbons (Fsp3) is 0.250. The van der Waals surface area contributed by atoms with Crippen LogP contribution in [-0.4, -0.2) is 34.7 Å². The zero-order chi connectivity index (χ0) is 24.2. The van der Waals surface area contributed by atoms with E-state index in [-0.39, 0.29) is 35.4 Å². The molecule has 0 bridgehead atoms. The van der Waals surface area contributed by atoms with E-state index in [1.54, 1.807) is 29.2 Å². The van der Waals surface area contributed by atoms with E-state index in [4.69, 9.17) is 17.3 Å². The minimum absolute atomic E-state index is 0.122. The van der Waals surface area contributed by atoms with Crippen LogP contribution in [0.3, 0.4) is 0 Å². The number of aryl methyl sites for hydroxylation is 1. The van der Waals surface area contributed by atoms with Crippen molar-refractivity contribution in [2.45, 2.75) is 19.3 Å². The monoisotopic (exact) mass is 480 g/mol. The fourth-order valence-electron chi connectivity index (χ4n) is 3.94. The highest BCUT2D eigenvalue weighted by Gasteiger charge is 2.35. The highest BCUT2D eigenvalue weighted by Crippen LogP contribution is 2.27. The van der Waals surface area contributed by atoms with E-state index in [0.717, 1.165) is 0 Å². The largest absolute Gasteiger partial charge is 0.382 e. The Labute approximate surface area is 200 Å². The zero-order valence-electron chi connectivity index (χ0n) is 18.2. The Balaban J connectivity index is 1.33. The molecule has 10 heteroatoms. The lowest BCUT2D eigenvalue weighted by Gasteiger charge is -2.17. The molecule has 2 aromatic carbocycles. The van der Waals surface area contributed by atoms with E-state index >= 15 is 0 Å². The van der Waals surface area contributed by atoms with Gasteiger partial charge in [-0.2, -0.15) is 10.4 Å². The fourth-order valence-corrected chi connectivity index (χ4v) is 4.13. The van der Waals surface area contributed by atoms with Crippen molar-refractivity contribution in [3.8, 4) is 11.8 Å². The third-order valence-electron chi connectivity index (χ3n) is 5.68. The molecule has 0 radical (unpaired) electrons. The molecule has 2 heterocycles. The van der Waals surface area contributed by atoms with Crippen molar-refractivity contribution in [2.24, 2.45) is 5.92 Å². The molecule has 0 saturated carbocycles. The van der Waals surface area contributed by atoms with Crippen LogP contribution in [0.4, 0.5) is 15.9 Å². The van der Waals surface area contributed by atoms with Gasteiger partial charge in [-0.3, -0.25) is 9.59 Å². The number of carbonyl (C=O) groups is 2. The van der Waals surface area contributed by atoms with E-state index in [1.807, 2.05) is 0 Å². The molecule has 34 heavy (non-hydrogen) atoms. The number of nitrogens with one attached hydrogen (secondary N) is 1. The lowest BCUT2D eigenvalue weighted by atomic mass is 10.1. The minimum Gasteiger partial charge on any atom is -0.382 e. The van der Waals surface area contributed by atoms with Crippen LogP contribution in [0, 0.1) is 23.1 Å². The maximum absolute atomic E-state index is 13.2. The molecule has 174 valence electrons. The number of carbonyl (C=O) groups excluding carboxylic acids is 2. The Morgan fingerprint density at radius 3 is 2.74 bits per heavy atom. The number of rotatable bonds is 7. The third kappa shape index (κ3) is 4.87. The summed E-state index contributed by atoms with van der Waals surface area (Å²) >= 11 is 6.01. The first-order chi connectivity index (χ1) is 16.4. The molecule has 1 saturated heterocycles. The predicted octanol–water partition coefficient (Wildman–Crippen LogP) is 3.22. The van der Waals surface area contributed by atoms with Crippen LogP contribution in [0.2, 0.25) is 5.02 Å². The smallest absolute Gasteiger partial charge is 0.227 e. The summed E-state index contributed by atoms with van der Waals surface area (Å²) in [4.78, 5) is 26.6. The lowest BCUT2D eigenvalue weighted by molar-refractivity contribution is -0.126. The first kappa shape index (κ1) is 23.3. The number of benzene rings is 2. The molecule has 1 fully saturated rings. The van der Waals surface area contributed by atoms with Gasteiger partial charge in [0.15, 0.2) is 0 Å². The Hall–Kier alpha value is -3.90. The number of anilines is 2. The van der Waals surface area contributed by atoms with E-state index in [2.05, 4.69) is 16.5 Å². The maximum atomic E-state index is 13.2. The molecular formula is C24H22ClFN6O2. The molecule has 1 unspecified atom stereocenters. The molecule has 3 N–H and O–H groups in total. The van der Waals surface area contributed by atoms with Gasteiger partial charge in [0, 0.05) is 30.2 Å². The summed E-state index contributed by atoms with van der Waals surface area (Å²) in [5.41, 5.74) is 8.05. The van der Waals surface area contributed by atoms with Crippen LogP contribution in [0.1, 0.15) is 24.1 Å². The topological polar surface area (TPSA) is 117 Å². The zero-order valence-corrected chi connectivity index (χ0v) is 18.9. The van der Waals surface area contributed by atoms with Crippen molar-refractivity contribution in [2.75, 3.05) is 23.7 Å². The van der Waals surface area contributed by atoms with Gasteiger partial charge in [-0.25, -0.2) is 9.07 Å². The van der Waals surface area contributed by atoms with Crippen LogP contribution in [-0.2, 0) is 16.0 Å². The second kappa shape index (κ2) is 9.93. The van der Waals surface area contributed by atoms with E-state index in [0.29, 0.717) is 48.0 Å². The normalized spacial score (nSPS) is 15.4. The second-order valence-electron chi connectivity index (χ2n) is 7.99. The number of hydrogen-bond acceptors (Lipinski definition) is 5. The summed E-state index contributed by atoms with van der Waals surface area (Å²) in [5.74, 6) is -0.976. The van der Waals surface area contributed by atoms with Crippen molar-refractivity contribution in [3.63, 3.8) is 0 Å². The number of nitriles is 1. The van der Waals surface area contributed by atoms with Crippen molar-refractivity contribution in [3.05, 3.63) is 70.6 Å². The van der Waals surface area contributed by atoms with Crippen LogP contribution in [0.25, 0.3) is 5.69 Å². The molecule has 1 aliphatic heterocycles. The molecular weight excluding hydrogens is 459 g/mol. The number of nitrogens with two attached hydrogens (primary N) is 1. The molecule has 0 spiro atoms. The summed E-state index contributed by atoms with van der Waals surface area (Å²) in [6, 6.07) is 14.7. The number of aromatic nitrogens is 2. The first-order valence-corrected chi connectivity index (χ1v) is 11.1. The second-order valence-corrected chi connectivity index (χ2v) is 8.42. The summed E-state index contributed by atoms with van der Waals surface area (Å²) in [5, 5.41) is 17.3. The van der Waals surface area contributed by atoms with Crippen LogP contribution < -0.4 is 16.0 Å². The molecule has 2 amide bonds. The average Bonchev–Trinajstić information content (AvgIpc) is 3.36. The SMILES string of the molecule is N#Cc1c(CCCNC(=O)C2CC(=O)N(c3cccc(Cl)c3)C2)nn(-c2ccc(F)cc2)c1N. The summed E-state index contributed by atoms with van der Waals surface area (Å²) in [6.07, 6.45) is 1.08. The molecule has 1 atom stereocenters. The van der Waals surface area contributed by atoms with Crippen LogP contribution in [0.15, 0.2) is 48.5 Å². The Morgan fingerprint density at radius 2 is 2.03 bits per heavy atom. The average molecular weight is 481 g/mol. The van der Waals surface area contributed by atoms with E-state index < -0.39 is 5.92 Å². The molecule has 8 nitrogen and oxygen atoms in total. The number of hydrogen-bond donors (Lipinski definition) is 2. The van der Waals surface area contributed by atoms with Gasteiger partial charge >= 0.3 is 0 Å². The Bertz CT molecular complexity index is 1270. The standard InChI is InChI=1S/C24H22ClFN6O2/c25-16-3-1-4-19(12-16)31-14-15(11-22(31)33)24(34)29-10-2-5-21-20(13-27)23(28)32(30-21)18-8-6-17(26)7-9-18/h1,3-4,6-9,12,15H,2,5,10-11,14,28H2,(H,29,34). The van der Waals surface area contributed by atoms with Gasteiger partial charge in [0.1, 0.15) is 23.3 Å². The molecule has 1 aromatic heterocycles. The van der Waals surface area contributed by atoms with Gasteiger partial charge in [0.25, 0.3) is 0 Å². The van der Waals surface area contributed by atoms with Crippen LogP contribution in [0.5, 0.6) is 0 Å². The summed E-state index contributed by atoms with van der Waals surface area (Å²) in [6.45, 7) is 0.650. The van der Waals surface area contributed by atoms with Crippen molar-refractivity contribution in [1.29, 1.82) is 5.26 Å². The maximum Gasteiger partial charge on any atom is 0.227 e. The molecule has 0 aliphatic carbocycles. The first-order valence-electron chi connectivity index (χ1n) is 10.7. The molecule has 4 rings (SSSR count). The molecule has 1 aliphatic rings. The van der Waals surface area contributed by atoms with Crippen molar-refractivity contribution in [1.82, 2.24) is 15.1 Å². The van der Waals surface area contributed by atoms with Crippen molar-refractivity contribution >= 4 is 34.9 Å². The minimum atomic E-state index is -0.450. The van der Waals surface area contributed by atoms with Crippen LogP contribution >= 0.6 is 11.6 Å². The van der Waals surface area contributed by atoms with Gasteiger partial charge in [-0.15, -0.1) is 0 Å². The summed E-state index contributed by atoms with van der Waals surface area (Å²) in [7, 11) is 0. The number of nitrogens with zero attached hydrogens (tertiary/aromatic N) is 4. The van der Waals surface area contributed by atoms with E-state index in [1.165, 1.54) is 28.9 Å². The Kier molecular flexibility index (Phi) is 6.80. The Morgan fingerprint density at radius 1 is 1.26 bits per heavy atom.